The van der Waals surface area contributed by atoms with Crippen molar-refractivity contribution in [1.29, 1.82) is 0 Å². The minimum Gasteiger partial charge on any atom is -0.331 e. The first kappa shape index (κ1) is 9.75. The van der Waals surface area contributed by atoms with E-state index in [1.54, 1.807) is 0 Å². The van der Waals surface area contributed by atoms with Crippen LogP contribution in [0.2, 0.25) is 0 Å². The van der Waals surface area contributed by atoms with Crippen LogP contribution >= 0.6 is 0 Å². The molecule has 1 aromatic rings. The molecule has 0 saturated carbocycles. The highest BCUT2D eigenvalue weighted by atomic mass is 15.1. The van der Waals surface area contributed by atoms with Gasteiger partial charge in [0.2, 0.25) is 0 Å². The fourth-order valence-electron chi connectivity index (χ4n) is 2.49. The van der Waals surface area contributed by atoms with Crippen LogP contribution in [0.15, 0.2) is 6.33 Å². The van der Waals surface area contributed by atoms with Crippen molar-refractivity contribution in [2.75, 3.05) is 0 Å². The van der Waals surface area contributed by atoms with Gasteiger partial charge < -0.3 is 4.57 Å². The van der Waals surface area contributed by atoms with Gasteiger partial charge in [-0.2, -0.15) is 0 Å². The van der Waals surface area contributed by atoms with Gasteiger partial charge in [0.15, 0.2) is 0 Å². The number of rotatable bonds is 3. The Morgan fingerprint density at radius 2 is 2.00 bits per heavy atom. The summed E-state index contributed by atoms with van der Waals surface area (Å²) in [6.45, 7) is 4.53. The van der Waals surface area contributed by atoms with E-state index < -0.39 is 0 Å². The van der Waals surface area contributed by atoms with E-state index in [1.165, 1.54) is 49.9 Å². The minimum absolute atomic E-state index is 0.671. The van der Waals surface area contributed by atoms with E-state index >= 15 is 0 Å². The zero-order valence-electron chi connectivity index (χ0n) is 9.29. The summed E-state index contributed by atoms with van der Waals surface area (Å²) >= 11 is 0. The van der Waals surface area contributed by atoms with E-state index in [-0.39, 0.29) is 0 Å². The van der Waals surface area contributed by atoms with Crippen molar-refractivity contribution in [3.63, 3.8) is 0 Å². The molecule has 0 aromatic carbocycles. The van der Waals surface area contributed by atoms with Crippen LogP contribution in [0, 0.1) is 0 Å². The Hall–Kier alpha value is -0.790. The fraction of sp³-hybridized carbons (Fsp3) is 0.750. The van der Waals surface area contributed by atoms with Crippen molar-refractivity contribution in [1.82, 2.24) is 9.55 Å². The van der Waals surface area contributed by atoms with Gasteiger partial charge in [-0.3, -0.25) is 0 Å². The second kappa shape index (κ2) is 4.16. The van der Waals surface area contributed by atoms with Crippen molar-refractivity contribution >= 4 is 0 Å². The van der Waals surface area contributed by atoms with Crippen LogP contribution < -0.4 is 0 Å². The topological polar surface area (TPSA) is 17.8 Å². The standard InChI is InChI=1S/C12H20N2/c1-3-10(4-2)14-9-13-11-7-5-6-8-12(11)14/h9-10H,3-8H2,1-2H3. The summed E-state index contributed by atoms with van der Waals surface area (Å²) in [6, 6.07) is 0.671. The van der Waals surface area contributed by atoms with Crippen LogP contribution in [-0.2, 0) is 12.8 Å². The predicted molar refractivity (Wildman–Crippen MR) is 58.5 cm³/mol. The van der Waals surface area contributed by atoms with Crippen LogP contribution in [0.5, 0.6) is 0 Å². The molecule has 1 aromatic heterocycles. The van der Waals surface area contributed by atoms with Crippen molar-refractivity contribution in [3.05, 3.63) is 17.7 Å². The van der Waals surface area contributed by atoms with Crippen LogP contribution in [0.25, 0.3) is 0 Å². The Bertz CT molecular complexity index is 297. The van der Waals surface area contributed by atoms with Gasteiger partial charge in [-0.25, -0.2) is 4.98 Å². The molecule has 0 saturated heterocycles. The average molecular weight is 192 g/mol. The lowest BCUT2D eigenvalue weighted by Gasteiger charge is -2.20. The first-order valence-electron chi connectivity index (χ1n) is 5.91. The van der Waals surface area contributed by atoms with Crippen LogP contribution in [0.1, 0.15) is 57.0 Å². The molecule has 0 spiro atoms. The zero-order chi connectivity index (χ0) is 9.97. The number of hydrogen-bond donors (Lipinski definition) is 0. The summed E-state index contributed by atoms with van der Waals surface area (Å²) in [4.78, 5) is 4.54. The molecule has 0 amide bonds. The molecule has 14 heavy (non-hydrogen) atoms. The van der Waals surface area contributed by atoms with Gasteiger partial charge >= 0.3 is 0 Å². The van der Waals surface area contributed by atoms with Gasteiger partial charge in [-0.15, -0.1) is 0 Å². The molecule has 2 nitrogen and oxygen atoms in total. The van der Waals surface area contributed by atoms with Gasteiger partial charge in [0, 0.05) is 11.7 Å². The number of aromatic nitrogens is 2. The molecule has 0 fully saturated rings. The Balaban J connectivity index is 2.29. The summed E-state index contributed by atoms with van der Waals surface area (Å²) in [5.41, 5.74) is 2.88. The van der Waals surface area contributed by atoms with E-state index in [0.29, 0.717) is 6.04 Å². The maximum absolute atomic E-state index is 4.54. The molecule has 0 radical (unpaired) electrons. The molecule has 0 unspecified atom stereocenters. The molecular formula is C12H20N2. The first-order chi connectivity index (χ1) is 6.86. The third kappa shape index (κ3) is 1.58. The van der Waals surface area contributed by atoms with Crippen molar-refractivity contribution in [2.24, 2.45) is 0 Å². The highest BCUT2D eigenvalue weighted by Crippen LogP contribution is 2.25. The summed E-state index contributed by atoms with van der Waals surface area (Å²) in [6.07, 6.45) is 9.62. The summed E-state index contributed by atoms with van der Waals surface area (Å²) in [5, 5.41) is 0. The molecular weight excluding hydrogens is 172 g/mol. The Kier molecular flexibility index (Phi) is 2.90. The molecule has 0 aliphatic heterocycles. The quantitative estimate of drug-likeness (QED) is 0.719. The Labute approximate surface area is 86.3 Å². The maximum Gasteiger partial charge on any atom is 0.0954 e. The molecule has 2 rings (SSSR count). The summed E-state index contributed by atoms with van der Waals surface area (Å²) in [7, 11) is 0. The molecule has 0 bridgehead atoms. The minimum atomic E-state index is 0.671. The van der Waals surface area contributed by atoms with Crippen LogP contribution in [-0.4, -0.2) is 9.55 Å². The third-order valence-electron chi connectivity index (χ3n) is 3.40. The van der Waals surface area contributed by atoms with Gasteiger partial charge in [0.1, 0.15) is 0 Å². The van der Waals surface area contributed by atoms with E-state index in [0.717, 1.165) is 0 Å². The molecule has 0 atom stereocenters. The number of hydrogen-bond acceptors (Lipinski definition) is 1. The summed E-state index contributed by atoms with van der Waals surface area (Å²) in [5.74, 6) is 0. The van der Waals surface area contributed by atoms with E-state index in [9.17, 15) is 0 Å². The molecule has 1 aliphatic rings. The highest BCUT2D eigenvalue weighted by Gasteiger charge is 2.18. The smallest absolute Gasteiger partial charge is 0.0954 e. The third-order valence-corrected chi connectivity index (χ3v) is 3.40. The lowest BCUT2D eigenvalue weighted by Crippen LogP contribution is -2.12. The second-order valence-electron chi connectivity index (χ2n) is 4.22. The predicted octanol–water partition coefficient (Wildman–Crippen LogP) is 3.12. The van der Waals surface area contributed by atoms with E-state index in [1.807, 2.05) is 0 Å². The average Bonchev–Trinajstić information content (AvgIpc) is 2.65. The van der Waals surface area contributed by atoms with Gasteiger partial charge in [-0.1, -0.05) is 13.8 Å². The van der Waals surface area contributed by atoms with E-state index in [2.05, 4.69) is 29.7 Å². The summed E-state index contributed by atoms with van der Waals surface area (Å²) < 4.78 is 2.43. The lowest BCUT2D eigenvalue weighted by atomic mass is 10.0. The molecule has 0 N–H and O–H groups in total. The van der Waals surface area contributed by atoms with Gasteiger partial charge in [-0.05, 0) is 38.5 Å². The van der Waals surface area contributed by atoms with Crippen LogP contribution in [0.3, 0.4) is 0 Å². The molecule has 1 aliphatic carbocycles. The Morgan fingerprint density at radius 1 is 1.29 bits per heavy atom. The normalized spacial score (nSPS) is 15.9. The molecule has 2 heteroatoms. The van der Waals surface area contributed by atoms with Gasteiger partial charge in [0.25, 0.3) is 0 Å². The zero-order valence-corrected chi connectivity index (χ0v) is 9.29. The highest BCUT2D eigenvalue weighted by molar-refractivity contribution is 5.17. The van der Waals surface area contributed by atoms with Crippen LogP contribution in [0.4, 0.5) is 0 Å². The fourth-order valence-corrected chi connectivity index (χ4v) is 2.49. The largest absolute Gasteiger partial charge is 0.331 e. The maximum atomic E-state index is 4.54. The monoisotopic (exact) mass is 192 g/mol. The van der Waals surface area contributed by atoms with Crippen molar-refractivity contribution < 1.29 is 0 Å². The number of nitrogens with zero attached hydrogens (tertiary/aromatic N) is 2. The number of aryl methyl sites for hydroxylation is 1. The lowest BCUT2D eigenvalue weighted by molar-refractivity contribution is 0.450. The molecule has 78 valence electrons. The van der Waals surface area contributed by atoms with E-state index in [4.69, 9.17) is 0 Å². The molecule has 1 heterocycles. The number of fused-ring (bicyclic) bond motifs is 1. The number of imidazole rings is 1. The SMILES string of the molecule is CCC(CC)n1cnc2c1CCCC2. The second-order valence-corrected chi connectivity index (χ2v) is 4.22. The van der Waals surface area contributed by atoms with Gasteiger partial charge in [0.05, 0.1) is 12.0 Å². The van der Waals surface area contributed by atoms with Crippen molar-refractivity contribution in [3.8, 4) is 0 Å². The Morgan fingerprint density at radius 3 is 2.71 bits per heavy atom. The first-order valence-corrected chi connectivity index (χ1v) is 5.91. The van der Waals surface area contributed by atoms with Crippen molar-refractivity contribution in [2.45, 2.75) is 58.4 Å².